The van der Waals surface area contributed by atoms with Gasteiger partial charge in [-0.3, -0.25) is 19.2 Å². The molecule has 0 aromatic heterocycles. The number of nitrogens with zero attached hydrogens (tertiary/aromatic N) is 2. The molecule has 1 heterocycles. The molecule has 1 atom stereocenters. The van der Waals surface area contributed by atoms with E-state index < -0.39 is 33.0 Å². The number of para-hydroxylation sites is 1. The van der Waals surface area contributed by atoms with E-state index in [1.807, 2.05) is 38.1 Å². The third-order valence-electron chi connectivity index (χ3n) is 5.14. The van der Waals surface area contributed by atoms with Gasteiger partial charge in [0.05, 0.1) is 28.5 Å². The molecule has 31 heavy (non-hydrogen) atoms. The Morgan fingerprint density at radius 1 is 1.26 bits per heavy atom. The van der Waals surface area contributed by atoms with Crippen LogP contribution in [-0.4, -0.2) is 37.6 Å². The first-order valence-corrected chi connectivity index (χ1v) is 11.5. The van der Waals surface area contributed by atoms with Crippen molar-refractivity contribution in [3.8, 4) is 5.75 Å². The van der Waals surface area contributed by atoms with Gasteiger partial charge in [-0.25, -0.2) is 8.42 Å². The van der Waals surface area contributed by atoms with E-state index in [-0.39, 0.29) is 23.0 Å². The minimum absolute atomic E-state index is 0.0968. The second kappa shape index (κ2) is 8.18. The van der Waals surface area contributed by atoms with Crippen molar-refractivity contribution in [3.05, 3.63) is 63.7 Å². The van der Waals surface area contributed by atoms with Crippen molar-refractivity contribution in [2.75, 3.05) is 17.1 Å². The summed E-state index contributed by atoms with van der Waals surface area (Å²) in [7, 11) is -3.88. The molecular weight excluding hydrogens is 422 g/mol. The summed E-state index contributed by atoms with van der Waals surface area (Å²) in [6.45, 7) is 4.79. The van der Waals surface area contributed by atoms with Crippen LogP contribution in [0.2, 0.25) is 0 Å². The van der Waals surface area contributed by atoms with Gasteiger partial charge in [0.15, 0.2) is 0 Å². The number of amides is 1. The molecule has 0 spiro atoms. The van der Waals surface area contributed by atoms with E-state index in [4.69, 9.17) is 4.74 Å². The van der Waals surface area contributed by atoms with Crippen LogP contribution < -0.4 is 14.4 Å². The van der Waals surface area contributed by atoms with E-state index in [9.17, 15) is 23.3 Å². The van der Waals surface area contributed by atoms with E-state index in [0.717, 1.165) is 16.1 Å². The largest absolute Gasteiger partial charge is 0.487 e. The highest BCUT2D eigenvalue weighted by Crippen LogP contribution is 2.39. The van der Waals surface area contributed by atoms with Crippen LogP contribution in [0.3, 0.4) is 0 Å². The van der Waals surface area contributed by atoms with Gasteiger partial charge in [0.2, 0.25) is 15.9 Å². The molecule has 1 aliphatic heterocycles. The summed E-state index contributed by atoms with van der Waals surface area (Å²) >= 11 is 0. The predicted octanol–water partition coefficient (Wildman–Crippen LogP) is 3.09. The predicted molar refractivity (Wildman–Crippen MR) is 117 cm³/mol. The van der Waals surface area contributed by atoms with Crippen molar-refractivity contribution >= 4 is 27.3 Å². The molecule has 166 valence electrons. The van der Waals surface area contributed by atoms with Crippen molar-refractivity contribution in [3.63, 3.8) is 0 Å². The number of anilines is 1. The van der Waals surface area contributed by atoms with E-state index >= 15 is 0 Å². The van der Waals surface area contributed by atoms with Crippen LogP contribution in [0.15, 0.2) is 42.5 Å². The Morgan fingerprint density at radius 2 is 1.94 bits per heavy atom. The van der Waals surface area contributed by atoms with E-state index in [2.05, 4.69) is 5.32 Å². The Bertz CT molecular complexity index is 1130. The molecule has 1 aliphatic rings. The van der Waals surface area contributed by atoms with Crippen molar-refractivity contribution in [1.29, 1.82) is 0 Å². The van der Waals surface area contributed by atoms with Gasteiger partial charge in [0.1, 0.15) is 17.9 Å². The summed E-state index contributed by atoms with van der Waals surface area (Å²) in [4.78, 5) is 23.6. The lowest BCUT2D eigenvalue weighted by molar-refractivity contribution is -0.385. The van der Waals surface area contributed by atoms with Crippen LogP contribution in [0.4, 0.5) is 11.4 Å². The highest BCUT2D eigenvalue weighted by molar-refractivity contribution is 7.92. The van der Waals surface area contributed by atoms with Crippen molar-refractivity contribution in [2.24, 2.45) is 0 Å². The Balaban J connectivity index is 1.89. The molecule has 2 aromatic rings. The number of ether oxygens (including phenoxy) is 1. The van der Waals surface area contributed by atoms with Crippen molar-refractivity contribution < 1.29 is 22.9 Å². The minimum Gasteiger partial charge on any atom is -0.487 e. The fourth-order valence-corrected chi connectivity index (χ4v) is 4.67. The lowest BCUT2D eigenvalue weighted by Gasteiger charge is -2.38. The summed E-state index contributed by atoms with van der Waals surface area (Å²) in [5.74, 6) is 0.146. The maximum Gasteiger partial charge on any atom is 0.274 e. The zero-order chi connectivity index (χ0) is 23.0. The maximum atomic E-state index is 12.9. The first-order chi connectivity index (χ1) is 14.4. The fourth-order valence-electron chi connectivity index (χ4n) is 3.76. The van der Waals surface area contributed by atoms with E-state index in [1.54, 1.807) is 0 Å². The maximum absolute atomic E-state index is 12.9. The molecular formula is C21H25N3O6S. The number of nitro benzene ring substituents is 1. The molecule has 0 saturated heterocycles. The highest BCUT2D eigenvalue weighted by Gasteiger charge is 2.35. The number of carbonyl (C=O) groups is 1. The molecule has 0 radical (unpaired) electrons. The van der Waals surface area contributed by atoms with Gasteiger partial charge in [-0.05, 0) is 32.9 Å². The summed E-state index contributed by atoms with van der Waals surface area (Å²) in [5.41, 5.74) is 0.349. The molecule has 2 aromatic carbocycles. The van der Waals surface area contributed by atoms with Gasteiger partial charge in [0, 0.05) is 18.1 Å². The summed E-state index contributed by atoms with van der Waals surface area (Å²) < 4.78 is 31.8. The van der Waals surface area contributed by atoms with Gasteiger partial charge in [-0.15, -0.1) is 0 Å². The lowest BCUT2D eigenvalue weighted by Crippen LogP contribution is -2.45. The monoisotopic (exact) mass is 447 g/mol. The number of nitro groups is 1. The number of benzene rings is 2. The summed E-state index contributed by atoms with van der Waals surface area (Å²) in [6, 6.07) is 11.1. The molecule has 0 bridgehead atoms. The zero-order valence-corrected chi connectivity index (χ0v) is 18.6. The van der Waals surface area contributed by atoms with Crippen molar-refractivity contribution in [1.82, 2.24) is 5.32 Å². The molecule has 0 aliphatic carbocycles. The third kappa shape index (κ3) is 4.96. The van der Waals surface area contributed by atoms with E-state index in [0.29, 0.717) is 12.2 Å². The van der Waals surface area contributed by atoms with Crippen LogP contribution in [0.1, 0.15) is 37.4 Å². The van der Waals surface area contributed by atoms with Gasteiger partial charge < -0.3 is 10.1 Å². The molecule has 9 nitrogen and oxygen atoms in total. The fraction of sp³-hybridized carbons (Fsp3) is 0.381. The normalized spacial score (nSPS) is 17.2. The smallest absolute Gasteiger partial charge is 0.274 e. The van der Waals surface area contributed by atoms with Gasteiger partial charge >= 0.3 is 0 Å². The number of nitrogens with one attached hydrogen (secondary N) is 1. The van der Waals surface area contributed by atoms with Crippen LogP contribution in [0, 0.1) is 17.0 Å². The number of fused-ring (bicyclic) bond motifs is 1. The Kier molecular flexibility index (Phi) is 5.95. The number of hydrogen-bond acceptors (Lipinski definition) is 6. The topological polar surface area (TPSA) is 119 Å². The van der Waals surface area contributed by atoms with Gasteiger partial charge in [-0.2, -0.15) is 0 Å². The van der Waals surface area contributed by atoms with Crippen molar-refractivity contribution in [2.45, 2.75) is 38.8 Å². The molecule has 10 heteroatoms. The average Bonchev–Trinajstić information content (AvgIpc) is 2.64. The van der Waals surface area contributed by atoms with Crippen LogP contribution in [0.5, 0.6) is 5.75 Å². The third-order valence-corrected chi connectivity index (χ3v) is 6.27. The van der Waals surface area contributed by atoms with E-state index in [1.165, 1.54) is 25.1 Å². The molecule has 0 fully saturated rings. The number of hydrogen-bond donors (Lipinski definition) is 1. The molecule has 0 unspecified atom stereocenters. The molecule has 0 saturated carbocycles. The van der Waals surface area contributed by atoms with Crippen LogP contribution in [0.25, 0.3) is 0 Å². The molecule has 1 N–H and O–H groups in total. The second-order valence-electron chi connectivity index (χ2n) is 8.17. The first-order valence-electron chi connectivity index (χ1n) is 9.68. The number of carbonyl (C=O) groups excluding carboxylic acids is 1. The van der Waals surface area contributed by atoms with Crippen LogP contribution >= 0.6 is 0 Å². The number of sulfonamides is 1. The molecule has 3 rings (SSSR count). The highest BCUT2D eigenvalue weighted by atomic mass is 32.2. The van der Waals surface area contributed by atoms with Crippen LogP contribution in [-0.2, 0) is 14.8 Å². The zero-order valence-electron chi connectivity index (χ0n) is 17.8. The minimum atomic E-state index is -3.88. The van der Waals surface area contributed by atoms with Gasteiger partial charge in [0.25, 0.3) is 5.69 Å². The lowest BCUT2D eigenvalue weighted by atomic mass is 9.89. The average molecular weight is 448 g/mol. The standard InChI is InChI=1S/C21H25N3O6S/c1-14-17(9-7-10-18(14)24(26)27)23(31(4,28)29)13-20(25)22-16-12-21(2,3)30-19-11-6-5-8-15(16)19/h5-11,16H,12-13H2,1-4H3,(H,22,25)/t16-/m1/s1. The second-order valence-corrected chi connectivity index (χ2v) is 10.1. The SMILES string of the molecule is Cc1c(N(CC(=O)N[C@@H]2CC(C)(C)Oc3ccccc32)S(C)(=O)=O)cccc1[N+](=O)[O-]. The Labute approximate surface area is 181 Å². The Hall–Kier alpha value is -3.14. The summed E-state index contributed by atoms with van der Waals surface area (Å²) in [6.07, 6.45) is 1.47. The molecule has 1 amide bonds. The Morgan fingerprint density at radius 3 is 2.58 bits per heavy atom. The summed E-state index contributed by atoms with van der Waals surface area (Å²) in [5, 5.41) is 14.2. The van der Waals surface area contributed by atoms with Gasteiger partial charge in [-0.1, -0.05) is 24.3 Å². The first kappa shape index (κ1) is 22.5. The number of rotatable bonds is 6. The quantitative estimate of drug-likeness (QED) is 0.537.